The Bertz CT molecular complexity index is 717. The molecule has 1 aliphatic carbocycles. The Labute approximate surface area is 135 Å². The number of nitrogens with zero attached hydrogens (tertiary/aromatic N) is 1. The summed E-state index contributed by atoms with van der Waals surface area (Å²) in [6.45, 7) is 3.03. The number of fused-ring (bicyclic) bond motifs is 1. The minimum absolute atomic E-state index is 0.183. The zero-order valence-corrected chi connectivity index (χ0v) is 13.2. The molecule has 120 valence electrons. The van der Waals surface area contributed by atoms with Crippen LogP contribution in [0.4, 0.5) is 0 Å². The number of aryl methyl sites for hydroxylation is 1. The average molecular weight is 312 g/mol. The molecule has 1 aromatic carbocycles. The lowest BCUT2D eigenvalue weighted by atomic mass is 9.70. The van der Waals surface area contributed by atoms with Crippen molar-refractivity contribution in [3.8, 4) is 11.8 Å². The zero-order chi connectivity index (χ0) is 16.4. The number of nitrogens with one attached hydrogen (secondary N) is 1. The summed E-state index contributed by atoms with van der Waals surface area (Å²) in [6, 6.07) is 5.43. The Hall–Kier alpha value is -2.32. The molecule has 0 aromatic heterocycles. The Morgan fingerprint density at radius 3 is 2.96 bits per heavy atom. The Kier molecular flexibility index (Phi) is 4.10. The van der Waals surface area contributed by atoms with Gasteiger partial charge in [0, 0.05) is 12.1 Å². The highest BCUT2D eigenvalue weighted by molar-refractivity contribution is 5.93. The van der Waals surface area contributed by atoms with Gasteiger partial charge in [-0.05, 0) is 55.9 Å². The van der Waals surface area contributed by atoms with E-state index in [1.165, 1.54) is 5.56 Å². The minimum atomic E-state index is -0.523. The summed E-state index contributed by atoms with van der Waals surface area (Å²) in [7, 11) is 0. The van der Waals surface area contributed by atoms with Gasteiger partial charge in [0.25, 0.3) is 5.91 Å². The summed E-state index contributed by atoms with van der Waals surface area (Å²) in [5.41, 5.74) is 3.95. The van der Waals surface area contributed by atoms with Crippen LogP contribution in [0.3, 0.4) is 0 Å². The molecule has 5 nitrogen and oxygen atoms in total. The highest BCUT2D eigenvalue weighted by Crippen LogP contribution is 2.43. The van der Waals surface area contributed by atoms with Crippen LogP contribution in [-0.4, -0.2) is 35.0 Å². The van der Waals surface area contributed by atoms with Gasteiger partial charge in [-0.25, -0.2) is 5.48 Å². The number of likely N-dealkylation sites (tertiary alicyclic amines) is 1. The second-order valence-corrected chi connectivity index (χ2v) is 6.29. The maximum Gasteiger partial charge on any atom is 0.274 e. The maximum absolute atomic E-state index is 12.8. The molecule has 1 heterocycles. The number of hydroxylamine groups is 1. The van der Waals surface area contributed by atoms with E-state index in [1.807, 2.05) is 11.0 Å². The molecule has 1 aliphatic heterocycles. The smallest absolute Gasteiger partial charge is 0.274 e. The molecule has 3 rings (SSSR count). The standard InChI is InChI=1S/C18H20N2O3/c1-2-3-9-20-10-8-18(17(20)22)7-6-13-4-5-14(16(21)19-23)11-15(13)12-18/h4-5,11,23H,6-10,12H2,1H3,(H,19,21)/t18-/m1/s1. The molecule has 2 aliphatic rings. The van der Waals surface area contributed by atoms with E-state index in [0.717, 1.165) is 31.4 Å². The molecule has 1 atom stereocenters. The highest BCUT2D eigenvalue weighted by atomic mass is 16.5. The second kappa shape index (κ2) is 6.05. The van der Waals surface area contributed by atoms with Crippen molar-refractivity contribution in [2.24, 2.45) is 5.41 Å². The Balaban J connectivity index is 1.85. The van der Waals surface area contributed by atoms with Gasteiger partial charge in [-0.1, -0.05) is 12.0 Å². The third-order valence-electron chi connectivity index (χ3n) is 5.02. The van der Waals surface area contributed by atoms with Crippen LogP contribution >= 0.6 is 0 Å². The van der Waals surface area contributed by atoms with Gasteiger partial charge >= 0.3 is 0 Å². The van der Waals surface area contributed by atoms with Crippen molar-refractivity contribution < 1.29 is 14.8 Å². The summed E-state index contributed by atoms with van der Waals surface area (Å²) in [4.78, 5) is 26.2. The average Bonchev–Trinajstić information content (AvgIpc) is 2.87. The lowest BCUT2D eigenvalue weighted by Crippen LogP contribution is -2.39. The predicted molar refractivity (Wildman–Crippen MR) is 84.8 cm³/mol. The van der Waals surface area contributed by atoms with Gasteiger partial charge in [-0.15, -0.1) is 5.92 Å². The molecule has 0 radical (unpaired) electrons. The van der Waals surface area contributed by atoms with E-state index in [1.54, 1.807) is 24.5 Å². The van der Waals surface area contributed by atoms with Gasteiger partial charge in [0.2, 0.25) is 5.91 Å². The molecular formula is C18H20N2O3. The van der Waals surface area contributed by atoms with Crippen LogP contribution in [0.2, 0.25) is 0 Å². The van der Waals surface area contributed by atoms with Crippen LogP contribution in [0, 0.1) is 17.3 Å². The van der Waals surface area contributed by atoms with E-state index in [4.69, 9.17) is 5.21 Å². The molecule has 1 aromatic rings. The largest absolute Gasteiger partial charge is 0.331 e. The van der Waals surface area contributed by atoms with Crippen molar-refractivity contribution >= 4 is 11.8 Å². The van der Waals surface area contributed by atoms with Crippen LogP contribution in [0.15, 0.2) is 18.2 Å². The fraction of sp³-hybridized carbons (Fsp3) is 0.444. The molecule has 2 amide bonds. The second-order valence-electron chi connectivity index (χ2n) is 6.29. The lowest BCUT2D eigenvalue weighted by molar-refractivity contribution is -0.136. The maximum atomic E-state index is 12.8. The van der Waals surface area contributed by atoms with E-state index in [2.05, 4.69) is 11.8 Å². The SMILES string of the molecule is CC#CCN1CC[C@@]2(CCc3ccc(C(=O)NO)cc3C2)C1=O. The van der Waals surface area contributed by atoms with Crippen molar-refractivity contribution in [1.29, 1.82) is 0 Å². The minimum Gasteiger partial charge on any atom is -0.331 e. The monoisotopic (exact) mass is 312 g/mol. The molecule has 0 saturated carbocycles. The Morgan fingerprint density at radius 2 is 2.22 bits per heavy atom. The fourth-order valence-electron chi connectivity index (χ4n) is 3.68. The van der Waals surface area contributed by atoms with Crippen LogP contribution < -0.4 is 5.48 Å². The summed E-state index contributed by atoms with van der Waals surface area (Å²) in [5.74, 6) is 5.46. The van der Waals surface area contributed by atoms with Crippen molar-refractivity contribution in [3.63, 3.8) is 0 Å². The number of hydrogen-bond acceptors (Lipinski definition) is 3. The van der Waals surface area contributed by atoms with Crippen molar-refractivity contribution in [1.82, 2.24) is 10.4 Å². The molecule has 23 heavy (non-hydrogen) atoms. The van der Waals surface area contributed by atoms with Crippen LogP contribution in [0.1, 0.15) is 41.3 Å². The highest BCUT2D eigenvalue weighted by Gasteiger charge is 2.47. The molecule has 0 bridgehead atoms. The van der Waals surface area contributed by atoms with Gasteiger partial charge in [0.15, 0.2) is 0 Å². The van der Waals surface area contributed by atoms with Crippen LogP contribution in [0.25, 0.3) is 0 Å². The first-order chi connectivity index (χ1) is 11.1. The fourth-order valence-corrected chi connectivity index (χ4v) is 3.68. The summed E-state index contributed by atoms with van der Waals surface area (Å²) >= 11 is 0. The molecule has 2 N–H and O–H groups in total. The van der Waals surface area contributed by atoms with Gasteiger partial charge < -0.3 is 4.90 Å². The molecule has 1 fully saturated rings. The molecule has 0 unspecified atom stereocenters. The Morgan fingerprint density at radius 1 is 1.39 bits per heavy atom. The number of amides is 2. The summed E-state index contributed by atoms with van der Waals surface area (Å²) < 4.78 is 0. The first-order valence-electron chi connectivity index (χ1n) is 7.85. The predicted octanol–water partition coefficient (Wildman–Crippen LogP) is 1.54. The van der Waals surface area contributed by atoms with E-state index >= 15 is 0 Å². The molecular weight excluding hydrogens is 292 g/mol. The third kappa shape index (κ3) is 2.71. The van der Waals surface area contributed by atoms with E-state index < -0.39 is 5.91 Å². The topological polar surface area (TPSA) is 69.6 Å². The quantitative estimate of drug-likeness (QED) is 0.494. The number of carbonyl (C=O) groups excluding carboxylic acids is 2. The zero-order valence-electron chi connectivity index (χ0n) is 13.2. The number of benzene rings is 1. The van der Waals surface area contributed by atoms with E-state index in [-0.39, 0.29) is 11.3 Å². The third-order valence-corrected chi connectivity index (χ3v) is 5.02. The van der Waals surface area contributed by atoms with Crippen LogP contribution in [0.5, 0.6) is 0 Å². The summed E-state index contributed by atoms with van der Waals surface area (Å²) in [5, 5.41) is 8.78. The van der Waals surface area contributed by atoms with Crippen molar-refractivity contribution in [2.75, 3.05) is 13.1 Å². The first kappa shape index (κ1) is 15.6. The lowest BCUT2D eigenvalue weighted by Gasteiger charge is -2.33. The van der Waals surface area contributed by atoms with Gasteiger partial charge in [0.05, 0.1) is 12.0 Å². The number of carbonyl (C=O) groups is 2. The van der Waals surface area contributed by atoms with Crippen molar-refractivity contribution in [2.45, 2.75) is 32.6 Å². The van der Waals surface area contributed by atoms with E-state index in [0.29, 0.717) is 18.5 Å². The van der Waals surface area contributed by atoms with Gasteiger partial charge in [-0.2, -0.15) is 0 Å². The molecule has 5 heteroatoms. The number of rotatable bonds is 2. The normalized spacial score (nSPS) is 22.5. The molecule has 1 saturated heterocycles. The van der Waals surface area contributed by atoms with Gasteiger partial charge in [0.1, 0.15) is 0 Å². The molecule has 1 spiro atoms. The van der Waals surface area contributed by atoms with Gasteiger partial charge in [-0.3, -0.25) is 14.8 Å². The van der Waals surface area contributed by atoms with E-state index in [9.17, 15) is 9.59 Å². The number of hydrogen-bond donors (Lipinski definition) is 2. The van der Waals surface area contributed by atoms with Crippen molar-refractivity contribution in [3.05, 3.63) is 34.9 Å². The first-order valence-corrected chi connectivity index (χ1v) is 7.85. The van der Waals surface area contributed by atoms with Crippen LogP contribution in [-0.2, 0) is 17.6 Å². The summed E-state index contributed by atoms with van der Waals surface area (Å²) in [6.07, 6.45) is 3.19.